The summed E-state index contributed by atoms with van der Waals surface area (Å²) in [6.07, 6.45) is 3.20. The standard InChI is InChI=1S/C30H25N3O7S/c1-4-16-39-20-12-10-19(11-13-20)27-26(29(35)38-5-2)18(3)31-30-32(27)28(34)25(41-30)17-21-14-15-24(40-21)22-8-6-7-9-23(22)33(36)37/h4,6-15,17,27H,1,5,16H2,2-3H3/b25-17-/t27-/m1/s1. The first-order valence-electron chi connectivity index (χ1n) is 12.7. The SMILES string of the molecule is C=CCOc1ccc([C@@H]2C(C(=O)OCC)=C(C)N=c3s/c(=C\c4ccc(-c5ccccc5[N+](=O)[O-])o4)c(=O)n32)cc1. The van der Waals surface area contributed by atoms with Crippen molar-refractivity contribution in [3.8, 4) is 17.1 Å². The number of rotatable bonds is 9. The zero-order valence-electron chi connectivity index (χ0n) is 22.2. The molecule has 0 N–H and O–H groups in total. The smallest absolute Gasteiger partial charge is 0.338 e. The Hall–Kier alpha value is -5.03. The summed E-state index contributed by atoms with van der Waals surface area (Å²) in [5.41, 5.74) is 1.26. The van der Waals surface area contributed by atoms with Crippen LogP contribution in [0.4, 0.5) is 5.69 Å². The number of allylic oxidation sites excluding steroid dienone is 1. The number of carbonyl (C=O) groups is 1. The van der Waals surface area contributed by atoms with Gasteiger partial charge in [0.1, 0.15) is 23.9 Å². The number of benzene rings is 2. The quantitative estimate of drug-likeness (QED) is 0.125. The number of ether oxygens (including phenoxy) is 2. The first-order valence-corrected chi connectivity index (χ1v) is 13.5. The monoisotopic (exact) mass is 571 g/mol. The third kappa shape index (κ3) is 5.39. The van der Waals surface area contributed by atoms with Gasteiger partial charge in [-0.25, -0.2) is 9.79 Å². The number of hydrogen-bond acceptors (Lipinski definition) is 9. The molecule has 0 bridgehead atoms. The average molecular weight is 572 g/mol. The summed E-state index contributed by atoms with van der Waals surface area (Å²) in [4.78, 5) is 42.8. The molecule has 0 unspecified atom stereocenters. The first kappa shape index (κ1) is 27.5. The number of hydrogen-bond donors (Lipinski definition) is 0. The van der Waals surface area contributed by atoms with Crippen LogP contribution in [0.25, 0.3) is 17.4 Å². The van der Waals surface area contributed by atoms with E-state index in [1.165, 1.54) is 10.6 Å². The summed E-state index contributed by atoms with van der Waals surface area (Å²) in [6, 6.07) is 15.9. The Morgan fingerprint density at radius 1 is 1.20 bits per heavy atom. The van der Waals surface area contributed by atoms with Crippen molar-refractivity contribution < 1.29 is 23.6 Å². The van der Waals surface area contributed by atoms with Gasteiger partial charge < -0.3 is 13.9 Å². The lowest BCUT2D eigenvalue weighted by atomic mass is 9.96. The van der Waals surface area contributed by atoms with Crippen LogP contribution in [0.3, 0.4) is 0 Å². The van der Waals surface area contributed by atoms with Crippen molar-refractivity contribution in [2.45, 2.75) is 19.9 Å². The van der Waals surface area contributed by atoms with Gasteiger partial charge in [-0.3, -0.25) is 19.5 Å². The van der Waals surface area contributed by atoms with Crippen LogP contribution in [0.2, 0.25) is 0 Å². The molecular weight excluding hydrogens is 546 g/mol. The Bertz CT molecular complexity index is 1860. The number of nitro benzene ring substituents is 1. The molecule has 41 heavy (non-hydrogen) atoms. The summed E-state index contributed by atoms with van der Waals surface area (Å²) in [7, 11) is 0. The molecule has 1 aliphatic heterocycles. The fourth-order valence-corrected chi connectivity index (χ4v) is 5.58. The van der Waals surface area contributed by atoms with Crippen LogP contribution >= 0.6 is 11.3 Å². The lowest BCUT2D eigenvalue weighted by Gasteiger charge is -2.24. The second-order valence-corrected chi connectivity index (χ2v) is 9.96. The fraction of sp³-hybridized carbons (Fsp3) is 0.167. The minimum absolute atomic E-state index is 0.0874. The van der Waals surface area contributed by atoms with Gasteiger partial charge in [0.2, 0.25) is 0 Å². The molecule has 2 aromatic heterocycles. The van der Waals surface area contributed by atoms with Crippen LogP contribution in [0, 0.1) is 10.1 Å². The summed E-state index contributed by atoms with van der Waals surface area (Å²) in [5, 5.41) is 11.5. The Morgan fingerprint density at radius 2 is 1.95 bits per heavy atom. The maximum absolute atomic E-state index is 13.8. The van der Waals surface area contributed by atoms with Crippen molar-refractivity contribution in [2.75, 3.05) is 13.2 Å². The summed E-state index contributed by atoms with van der Waals surface area (Å²) < 4.78 is 18.6. The van der Waals surface area contributed by atoms with Crippen molar-refractivity contribution in [1.82, 2.24) is 4.57 Å². The predicted octanol–water partition coefficient (Wildman–Crippen LogP) is 4.53. The number of aromatic nitrogens is 1. The summed E-state index contributed by atoms with van der Waals surface area (Å²) in [6.45, 7) is 7.58. The molecule has 0 spiro atoms. The number of para-hydroxylation sites is 1. The van der Waals surface area contributed by atoms with Crippen LogP contribution in [-0.4, -0.2) is 28.7 Å². The van der Waals surface area contributed by atoms with Gasteiger partial charge in [-0.05, 0) is 49.7 Å². The zero-order valence-corrected chi connectivity index (χ0v) is 23.1. The lowest BCUT2D eigenvalue weighted by molar-refractivity contribution is -0.384. The maximum Gasteiger partial charge on any atom is 0.338 e. The van der Waals surface area contributed by atoms with E-state index in [-0.39, 0.29) is 23.4 Å². The van der Waals surface area contributed by atoms with Gasteiger partial charge in [0.05, 0.1) is 38.9 Å². The first-order chi connectivity index (χ1) is 19.8. The van der Waals surface area contributed by atoms with E-state index >= 15 is 0 Å². The third-order valence-electron chi connectivity index (χ3n) is 6.35. The zero-order chi connectivity index (χ0) is 29.1. The van der Waals surface area contributed by atoms with Crippen molar-refractivity contribution >= 4 is 29.1 Å². The fourth-order valence-electron chi connectivity index (χ4n) is 4.55. The minimum Gasteiger partial charge on any atom is -0.490 e. The van der Waals surface area contributed by atoms with Crippen LogP contribution in [0.15, 0.2) is 98.8 Å². The summed E-state index contributed by atoms with van der Waals surface area (Å²) in [5.74, 6) is 0.699. The Labute approximate surface area is 238 Å². The number of nitrogens with zero attached hydrogens (tertiary/aromatic N) is 3. The molecule has 208 valence electrons. The topological polar surface area (TPSA) is 126 Å². The van der Waals surface area contributed by atoms with E-state index in [1.807, 2.05) is 0 Å². The van der Waals surface area contributed by atoms with E-state index in [0.717, 1.165) is 11.3 Å². The van der Waals surface area contributed by atoms with Gasteiger partial charge in [0.25, 0.3) is 11.2 Å². The van der Waals surface area contributed by atoms with Gasteiger partial charge >= 0.3 is 5.97 Å². The molecule has 0 fully saturated rings. The van der Waals surface area contributed by atoms with E-state index in [9.17, 15) is 19.7 Å². The van der Waals surface area contributed by atoms with E-state index in [2.05, 4.69) is 11.6 Å². The molecule has 11 heteroatoms. The highest BCUT2D eigenvalue weighted by Crippen LogP contribution is 2.33. The molecule has 0 saturated heterocycles. The van der Waals surface area contributed by atoms with Crippen LogP contribution in [0.1, 0.15) is 31.2 Å². The van der Waals surface area contributed by atoms with Crippen molar-refractivity contribution in [3.05, 3.63) is 126 Å². The van der Waals surface area contributed by atoms with E-state index in [0.29, 0.717) is 50.0 Å². The molecule has 3 heterocycles. The molecule has 0 saturated carbocycles. The normalized spacial score (nSPS) is 14.8. The second kappa shape index (κ2) is 11.6. The number of esters is 1. The number of furan rings is 1. The van der Waals surface area contributed by atoms with Crippen molar-refractivity contribution in [2.24, 2.45) is 4.99 Å². The highest BCUT2D eigenvalue weighted by atomic mass is 32.1. The van der Waals surface area contributed by atoms with E-state index in [1.54, 1.807) is 80.6 Å². The predicted molar refractivity (Wildman–Crippen MR) is 153 cm³/mol. The molecule has 10 nitrogen and oxygen atoms in total. The Morgan fingerprint density at radius 3 is 2.66 bits per heavy atom. The molecule has 0 amide bonds. The van der Waals surface area contributed by atoms with E-state index in [4.69, 9.17) is 13.9 Å². The van der Waals surface area contributed by atoms with Crippen molar-refractivity contribution in [1.29, 1.82) is 0 Å². The number of nitro groups is 1. The number of thiazole rings is 1. The molecule has 1 aliphatic rings. The highest BCUT2D eigenvalue weighted by Gasteiger charge is 2.33. The van der Waals surface area contributed by atoms with Gasteiger partial charge in [0.15, 0.2) is 4.80 Å². The molecule has 2 aromatic carbocycles. The number of fused-ring (bicyclic) bond motifs is 1. The molecule has 4 aromatic rings. The van der Waals surface area contributed by atoms with Crippen molar-refractivity contribution in [3.63, 3.8) is 0 Å². The molecule has 1 atom stereocenters. The third-order valence-corrected chi connectivity index (χ3v) is 7.33. The van der Waals surface area contributed by atoms with E-state index < -0.39 is 16.9 Å². The van der Waals surface area contributed by atoms with Crippen LogP contribution < -0.4 is 19.6 Å². The van der Waals surface area contributed by atoms with Crippen LogP contribution in [-0.2, 0) is 9.53 Å². The maximum atomic E-state index is 13.8. The van der Waals surface area contributed by atoms with Crippen LogP contribution in [0.5, 0.6) is 5.75 Å². The minimum atomic E-state index is -0.778. The molecular formula is C30H25N3O7S. The molecule has 5 rings (SSSR count). The largest absolute Gasteiger partial charge is 0.490 e. The van der Waals surface area contributed by atoms with Gasteiger partial charge in [-0.2, -0.15) is 0 Å². The lowest BCUT2D eigenvalue weighted by Crippen LogP contribution is -2.39. The Balaban J connectivity index is 1.61. The second-order valence-electron chi connectivity index (χ2n) is 8.95. The van der Waals surface area contributed by atoms with Gasteiger partial charge in [0, 0.05) is 12.1 Å². The summed E-state index contributed by atoms with van der Waals surface area (Å²) >= 11 is 1.15. The Kier molecular flexibility index (Phi) is 7.79. The average Bonchev–Trinajstić information content (AvgIpc) is 3.55. The van der Waals surface area contributed by atoms with Gasteiger partial charge in [-0.1, -0.05) is 48.3 Å². The molecule has 0 radical (unpaired) electrons. The molecule has 0 aliphatic carbocycles. The highest BCUT2D eigenvalue weighted by molar-refractivity contribution is 7.07. The van der Waals surface area contributed by atoms with Gasteiger partial charge in [-0.15, -0.1) is 0 Å². The number of carbonyl (C=O) groups excluding carboxylic acids is 1.